The summed E-state index contributed by atoms with van der Waals surface area (Å²) >= 11 is 0. The van der Waals surface area contributed by atoms with Gasteiger partial charge in [0.05, 0.1) is 17.5 Å². The van der Waals surface area contributed by atoms with Crippen LogP contribution < -0.4 is 0 Å². The van der Waals surface area contributed by atoms with Gasteiger partial charge >= 0.3 is 6.18 Å². The minimum atomic E-state index is -5.14. The molecule has 2 aromatic rings. The molecule has 0 atom stereocenters. The van der Waals surface area contributed by atoms with Crippen molar-refractivity contribution in [2.24, 2.45) is 4.99 Å². The van der Waals surface area contributed by atoms with E-state index in [1.54, 1.807) is 31.2 Å². The number of halogens is 3. The fourth-order valence-electron chi connectivity index (χ4n) is 1.77. The number of benzene rings is 1. The highest BCUT2D eigenvalue weighted by Crippen LogP contribution is 2.25. The third-order valence-corrected chi connectivity index (χ3v) is 2.86. The molecule has 0 amide bonds. The first kappa shape index (κ1) is 16.5. The molecule has 1 heterocycles. The number of rotatable bonds is 4. The number of alkyl halides is 3. The molecule has 0 saturated heterocycles. The molecule has 23 heavy (non-hydrogen) atoms. The molecule has 0 unspecified atom stereocenters. The van der Waals surface area contributed by atoms with Gasteiger partial charge in [0.25, 0.3) is 5.78 Å². The lowest BCUT2D eigenvalue weighted by atomic mass is 10.1. The predicted octanol–water partition coefficient (Wildman–Crippen LogP) is 4.39. The third-order valence-electron chi connectivity index (χ3n) is 2.86. The van der Waals surface area contributed by atoms with Crippen molar-refractivity contribution in [1.82, 2.24) is 0 Å². The number of aryl methyl sites for hydroxylation is 1. The molecule has 120 valence electrons. The minimum absolute atomic E-state index is 0.256. The number of aliphatic hydroxyl groups is 1. The van der Waals surface area contributed by atoms with Crippen LogP contribution in [0.1, 0.15) is 11.3 Å². The van der Waals surface area contributed by atoms with Crippen LogP contribution in [0.15, 0.2) is 57.6 Å². The number of carbonyl (C=O) groups excluding carboxylic acids is 1. The summed E-state index contributed by atoms with van der Waals surface area (Å²) in [6.45, 7) is 1.79. The van der Waals surface area contributed by atoms with Crippen molar-refractivity contribution in [3.8, 4) is 0 Å². The second kappa shape index (κ2) is 6.51. The van der Waals surface area contributed by atoms with E-state index in [0.29, 0.717) is 11.9 Å². The number of ketones is 1. The molecule has 0 saturated carbocycles. The Bertz CT molecular complexity index is 759. The topological polar surface area (TPSA) is 62.8 Å². The number of carbonyl (C=O) groups is 1. The number of aliphatic imine (C=N–C) groups is 1. The van der Waals surface area contributed by atoms with Gasteiger partial charge in [-0.05, 0) is 36.8 Å². The monoisotopic (exact) mass is 323 g/mol. The summed E-state index contributed by atoms with van der Waals surface area (Å²) in [6, 6.07) is 9.25. The molecule has 2 rings (SSSR count). The summed E-state index contributed by atoms with van der Waals surface area (Å²) < 4.78 is 42.9. The first-order chi connectivity index (χ1) is 10.8. The van der Waals surface area contributed by atoms with Gasteiger partial charge in [-0.15, -0.1) is 0 Å². The Balaban J connectivity index is 2.46. The number of nitrogens with zero attached hydrogens (tertiary/aromatic N) is 1. The average molecular weight is 323 g/mol. The fraction of sp³-hybridized carbons (Fsp3) is 0.125. The SMILES string of the molecule is Cc1cccc(N=CC(C(=O)C(F)(F)F)=C(O)c2ccco2)c1. The maximum absolute atomic E-state index is 12.7. The number of hydrogen-bond acceptors (Lipinski definition) is 4. The molecule has 0 bridgehead atoms. The molecular weight excluding hydrogens is 311 g/mol. The maximum atomic E-state index is 12.7. The van der Waals surface area contributed by atoms with Crippen molar-refractivity contribution in [2.45, 2.75) is 13.1 Å². The Morgan fingerprint density at radius 2 is 2.00 bits per heavy atom. The van der Waals surface area contributed by atoms with Gasteiger partial charge < -0.3 is 9.52 Å². The molecule has 4 nitrogen and oxygen atoms in total. The summed E-state index contributed by atoms with van der Waals surface area (Å²) in [5, 5.41) is 9.91. The summed E-state index contributed by atoms with van der Waals surface area (Å²) in [7, 11) is 0. The van der Waals surface area contributed by atoms with Gasteiger partial charge in [0.15, 0.2) is 11.5 Å². The fourth-order valence-corrected chi connectivity index (χ4v) is 1.77. The lowest BCUT2D eigenvalue weighted by Crippen LogP contribution is -2.26. The molecule has 1 N–H and O–H groups in total. The van der Waals surface area contributed by atoms with E-state index in [4.69, 9.17) is 4.42 Å². The lowest BCUT2D eigenvalue weighted by Gasteiger charge is -2.07. The predicted molar refractivity (Wildman–Crippen MR) is 78.6 cm³/mol. The van der Waals surface area contributed by atoms with Crippen LogP contribution in [0.25, 0.3) is 5.76 Å². The van der Waals surface area contributed by atoms with Gasteiger partial charge in [0.1, 0.15) is 0 Å². The Hall–Kier alpha value is -2.83. The second-order valence-electron chi connectivity index (χ2n) is 4.66. The smallest absolute Gasteiger partial charge is 0.455 e. The second-order valence-corrected chi connectivity index (χ2v) is 4.66. The van der Waals surface area contributed by atoms with Crippen LogP contribution in [0, 0.1) is 6.92 Å². The summed E-state index contributed by atoms with van der Waals surface area (Å²) in [5.41, 5.74) is 0.209. The van der Waals surface area contributed by atoms with Crippen LogP contribution in [-0.2, 0) is 4.79 Å². The van der Waals surface area contributed by atoms with E-state index >= 15 is 0 Å². The van der Waals surface area contributed by atoms with Crippen LogP contribution >= 0.6 is 0 Å². The zero-order valence-electron chi connectivity index (χ0n) is 12.0. The molecule has 0 spiro atoms. The quantitative estimate of drug-likeness (QED) is 0.515. The molecule has 1 aromatic heterocycles. The maximum Gasteiger partial charge on any atom is 0.455 e. The highest BCUT2D eigenvalue weighted by molar-refractivity contribution is 6.20. The average Bonchev–Trinajstić information content (AvgIpc) is 3.00. The molecule has 0 aliphatic rings. The first-order valence-electron chi connectivity index (χ1n) is 6.48. The normalized spacial score (nSPS) is 13.2. The van der Waals surface area contributed by atoms with Crippen molar-refractivity contribution >= 4 is 23.4 Å². The Labute approximate surface area is 129 Å². The van der Waals surface area contributed by atoms with Crippen molar-refractivity contribution in [1.29, 1.82) is 0 Å². The Kier molecular flexibility index (Phi) is 4.68. The van der Waals surface area contributed by atoms with Gasteiger partial charge in [0.2, 0.25) is 0 Å². The summed E-state index contributed by atoms with van der Waals surface area (Å²) in [5.74, 6) is -3.38. The van der Waals surface area contributed by atoms with E-state index in [2.05, 4.69) is 4.99 Å². The molecular formula is C16H12F3NO3. The van der Waals surface area contributed by atoms with Crippen LogP contribution in [0.4, 0.5) is 18.9 Å². The number of Topliss-reactive ketones (excluding diaryl/α,β-unsaturated/α-hetero) is 1. The molecule has 0 aliphatic heterocycles. The number of hydrogen-bond donors (Lipinski definition) is 1. The molecule has 0 fully saturated rings. The lowest BCUT2D eigenvalue weighted by molar-refractivity contribution is -0.165. The Morgan fingerprint density at radius 3 is 2.57 bits per heavy atom. The zero-order chi connectivity index (χ0) is 17.0. The van der Waals surface area contributed by atoms with E-state index in [-0.39, 0.29) is 5.76 Å². The van der Waals surface area contributed by atoms with Crippen molar-refractivity contribution < 1.29 is 27.5 Å². The summed E-state index contributed by atoms with van der Waals surface area (Å²) in [4.78, 5) is 15.3. The van der Waals surface area contributed by atoms with Crippen LogP contribution in [0.3, 0.4) is 0 Å². The van der Waals surface area contributed by atoms with Crippen LogP contribution in [-0.4, -0.2) is 23.3 Å². The molecule has 1 aromatic carbocycles. The number of aliphatic hydroxyl groups excluding tert-OH is 1. The van der Waals surface area contributed by atoms with Gasteiger partial charge in [-0.3, -0.25) is 9.79 Å². The van der Waals surface area contributed by atoms with Gasteiger partial charge in [-0.25, -0.2) is 0 Å². The molecule has 0 aliphatic carbocycles. The van der Waals surface area contributed by atoms with E-state index in [9.17, 15) is 23.1 Å². The van der Waals surface area contributed by atoms with Gasteiger partial charge in [-0.1, -0.05) is 12.1 Å². The van der Waals surface area contributed by atoms with Crippen molar-refractivity contribution in [2.75, 3.05) is 0 Å². The highest BCUT2D eigenvalue weighted by Gasteiger charge is 2.42. The highest BCUT2D eigenvalue weighted by atomic mass is 19.4. The van der Waals surface area contributed by atoms with E-state index in [1.165, 1.54) is 18.4 Å². The number of furan rings is 1. The van der Waals surface area contributed by atoms with E-state index < -0.39 is 23.3 Å². The zero-order valence-corrected chi connectivity index (χ0v) is 12.0. The Morgan fingerprint density at radius 1 is 1.26 bits per heavy atom. The van der Waals surface area contributed by atoms with Crippen molar-refractivity contribution in [3.63, 3.8) is 0 Å². The largest absolute Gasteiger partial charge is 0.504 e. The van der Waals surface area contributed by atoms with Gasteiger partial charge in [-0.2, -0.15) is 13.2 Å². The van der Waals surface area contributed by atoms with Gasteiger partial charge in [0, 0.05) is 6.21 Å². The van der Waals surface area contributed by atoms with E-state index in [0.717, 1.165) is 5.56 Å². The third kappa shape index (κ3) is 4.09. The number of allylic oxidation sites excluding steroid dienone is 1. The van der Waals surface area contributed by atoms with E-state index in [1.807, 2.05) is 0 Å². The van der Waals surface area contributed by atoms with Crippen LogP contribution in [0.5, 0.6) is 0 Å². The molecule has 7 heteroatoms. The van der Waals surface area contributed by atoms with Crippen molar-refractivity contribution in [3.05, 3.63) is 59.6 Å². The standard InChI is InChI=1S/C16H12F3NO3/c1-10-4-2-5-11(8-10)20-9-12(15(22)16(17,18)19)14(21)13-6-3-7-23-13/h2-9,21H,1H3. The minimum Gasteiger partial charge on any atom is -0.504 e. The first-order valence-corrected chi connectivity index (χ1v) is 6.48. The molecule has 0 radical (unpaired) electrons. The van der Waals surface area contributed by atoms with Crippen LogP contribution in [0.2, 0.25) is 0 Å². The summed E-state index contributed by atoms with van der Waals surface area (Å²) in [6.07, 6.45) is -3.30.